The van der Waals surface area contributed by atoms with E-state index in [4.69, 9.17) is 20.7 Å². The summed E-state index contributed by atoms with van der Waals surface area (Å²) >= 11 is 0. The van der Waals surface area contributed by atoms with E-state index in [1.807, 2.05) is 24.3 Å². The number of aliphatic hydroxyl groups excluding tert-OH is 2. The van der Waals surface area contributed by atoms with Gasteiger partial charge in [-0.3, -0.25) is 0 Å². The molecule has 0 heterocycles. The number of hydrogen-bond donors (Lipinski definition) is 3. The number of benzene rings is 1. The predicted molar refractivity (Wildman–Crippen MR) is 85.4 cm³/mol. The fourth-order valence-electron chi connectivity index (χ4n) is 2.04. The Kier molecular flexibility index (Phi) is 7.72. The van der Waals surface area contributed by atoms with Gasteiger partial charge < -0.3 is 20.7 Å². The van der Waals surface area contributed by atoms with Gasteiger partial charge in [0.1, 0.15) is 5.75 Å². The van der Waals surface area contributed by atoms with E-state index in [0.29, 0.717) is 12.3 Å². The van der Waals surface area contributed by atoms with Gasteiger partial charge in [0.25, 0.3) is 0 Å². The second kappa shape index (κ2) is 9.03. The normalized spacial score (nSPS) is 11.9. The van der Waals surface area contributed by atoms with E-state index in [1.165, 1.54) is 6.42 Å². The van der Waals surface area contributed by atoms with Crippen molar-refractivity contribution in [3.05, 3.63) is 29.8 Å². The summed E-state index contributed by atoms with van der Waals surface area (Å²) in [7, 11) is 0. The van der Waals surface area contributed by atoms with Gasteiger partial charge in [-0.2, -0.15) is 0 Å². The zero-order valence-corrected chi connectivity index (χ0v) is 13.2. The van der Waals surface area contributed by atoms with Crippen molar-refractivity contribution in [2.45, 2.75) is 45.1 Å². The maximum atomic E-state index is 9.16. The standard InChI is InChI=1S/C17H29NO3/c1-14(2)4-3-11-21-16-7-5-15(6-8-16)9-10-17(18,12-19)13-20/h5-8,14,19-20H,3-4,9-13,18H2,1-2H3. The van der Waals surface area contributed by atoms with E-state index in [9.17, 15) is 0 Å². The summed E-state index contributed by atoms with van der Waals surface area (Å²) in [6.45, 7) is 4.76. The molecule has 0 bridgehead atoms. The van der Waals surface area contributed by atoms with Crippen molar-refractivity contribution >= 4 is 0 Å². The van der Waals surface area contributed by atoms with E-state index < -0.39 is 5.54 Å². The summed E-state index contributed by atoms with van der Waals surface area (Å²) < 4.78 is 5.69. The molecule has 0 aliphatic heterocycles. The van der Waals surface area contributed by atoms with Gasteiger partial charge >= 0.3 is 0 Å². The maximum absolute atomic E-state index is 9.16. The Morgan fingerprint density at radius 2 is 1.76 bits per heavy atom. The van der Waals surface area contributed by atoms with Crippen LogP contribution in [0, 0.1) is 5.92 Å². The Morgan fingerprint density at radius 3 is 2.29 bits per heavy atom. The molecule has 21 heavy (non-hydrogen) atoms. The second-order valence-corrected chi connectivity index (χ2v) is 6.21. The highest BCUT2D eigenvalue weighted by atomic mass is 16.5. The number of hydrogen-bond acceptors (Lipinski definition) is 4. The van der Waals surface area contributed by atoms with E-state index >= 15 is 0 Å². The Morgan fingerprint density at radius 1 is 1.14 bits per heavy atom. The van der Waals surface area contributed by atoms with Crippen LogP contribution in [0.15, 0.2) is 24.3 Å². The third-order valence-corrected chi connectivity index (χ3v) is 3.66. The molecule has 1 rings (SSSR count). The molecule has 0 aliphatic rings. The molecule has 0 spiro atoms. The summed E-state index contributed by atoms with van der Waals surface area (Å²) in [6.07, 6.45) is 3.53. The van der Waals surface area contributed by atoms with Crippen LogP contribution in [0.25, 0.3) is 0 Å². The minimum atomic E-state index is -0.897. The molecular weight excluding hydrogens is 266 g/mol. The number of nitrogens with two attached hydrogens (primary N) is 1. The average molecular weight is 295 g/mol. The van der Waals surface area contributed by atoms with E-state index in [-0.39, 0.29) is 13.2 Å². The first kappa shape index (κ1) is 18.0. The molecule has 0 radical (unpaired) electrons. The Bertz CT molecular complexity index is 386. The molecule has 1 aromatic rings. The Balaban J connectivity index is 2.36. The molecule has 4 nitrogen and oxygen atoms in total. The summed E-state index contributed by atoms with van der Waals surface area (Å²) in [5.74, 6) is 1.59. The van der Waals surface area contributed by atoms with Crippen molar-refractivity contribution in [2.75, 3.05) is 19.8 Å². The lowest BCUT2D eigenvalue weighted by Crippen LogP contribution is -2.47. The molecule has 0 saturated heterocycles. The predicted octanol–water partition coefficient (Wildman–Crippen LogP) is 2.12. The monoisotopic (exact) mass is 295 g/mol. The number of rotatable bonds is 10. The lowest BCUT2D eigenvalue weighted by molar-refractivity contribution is 0.115. The number of aryl methyl sites for hydroxylation is 1. The van der Waals surface area contributed by atoms with Crippen LogP contribution in [0.3, 0.4) is 0 Å². The highest BCUT2D eigenvalue weighted by molar-refractivity contribution is 5.27. The molecule has 0 amide bonds. The highest BCUT2D eigenvalue weighted by Crippen LogP contribution is 2.16. The maximum Gasteiger partial charge on any atom is 0.119 e. The molecule has 120 valence electrons. The zero-order valence-electron chi connectivity index (χ0n) is 13.2. The van der Waals surface area contributed by atoms with Crippen molar-refractivity contribution in [3.63, 3.8) is 0 Å². The Labute approximate surface area is 127 Å². The third kappa shape index (κ3) is 6.93. The molecular formula is C17H29NO3. The van der Waals surface area contributed by atoms with Gasteiger partial charge in [-0.1, -0.05) is 26.0 Å². The van der Waals surface area contributed by atoms with Crippen LogP contribution in [0.2, 0.25) is 0 Å². The van der Waals surface area contributed by atoms with Gasteiger partial charge in [0.05, 0.1) is 25.4 Å². The molecule has 4 N–H and O–H groups in total. The molecule has 0 aromatic heterocycles. The van der Waals surface area contributed by atoms with Crippen molar-refractivity contribution in [1.82, 2.24) is 0 Å². The van der Waals surface area contributed by atoms with E-state index in [1.54, 1.807) is 0 Å². The zero-order chi connectivity index (χ0) is 15.7. The van der Waals surface area contributed by atoms with Crippen molar-refractivity contribution in [1.29, 1.82) is 0 Å². The van der Waals surface area contributed by atoms with Crippen LogP contribution in [-0.4, -0.2) is 35.6 Å². The topological polar surface area (TPSA) is 75.7 Å². The third-order valence-electron chi connectivity index (χ3n) is 3.66. The average Bonchev–Trinajstić information content (AvgIpc) is 2.50. The SMILES string of the molecule is CC(C)CCCOc1ccc(CCC(N)(CO)CO)cc1. The van der Waals surface area contributed by atoms with Crippen LogP contribution in [0.5, 0.6) is 5.75 Å². The quantitative estimate of drug-likeness (QED) is 0.578. The highest BCUT2D eigenvalue weighted by Gasteiger charge is 2.22. The Hall–Kier alpha value is -1.10. The minimum absolute atomic E-state index is 0.208. The fourth-order valence-corrected chi connectivity index (χ4v) is 2.04. The summed E-state index contributed by atoms with van der Waals surface area (Å²) in [5, 5.41) is 18.3. The number of aliphatic hydroxyl groups is 2. The van der Waals surface area contributed by atoms with Gasteiger partial charge in [-0.15, -0.1) is 0 Å². The molecule has 0 fully saturated rings. The lowest BCUT2D eigenvalue weighted by atomic mass is 9.94. The summed E-state index contributed by atoms with van der Waals surface area (Å²) in [6, 6.07) is 7.93. The second-order valence-electron chi connectivity index (χ2n) is 6.21. The van der Waals surface area contributed by atoms with Crippen molar-refractivity contribution < 1.29 is 14.9 Å². The van der Waals surface area contributed by atoms with E-state index in [2.05, 4.69) is 13.8 Å². The van der Waals surface area contributed by atoms with Crippen LogP contribution < -0.4 is 10.5 Å². The summed E-state index contributed by atoms with van der Waals surface area (Å²) in [5.41, 5.74) is 6.08. The summed E-state index contributed by atoms with van der Waals surface area (Å²) in [4.78, 5) is 0. The van der Waals surface area contributed by atoms with Crippen LogP contribution in [0.4, 0.5) is 0 Å². The van der Waals surface area contributed by atoms with Gasteiger partial charge in [0.15, 0.2) is 0 Å². The first-order chi connectivity index (χ1) is 9.99. The molecule has 1 aromatic carbocycles. The van der Waals surface area contributed by atoms with Gasteiger partial charge in [0, 0.05) is 0 Å². The van der Waals surface area contributed by atoms with Gasteiger partial charge in [0.2, 0.25) is 0 Å². The fraction of sp³-hybridized carbons (Fsp3) is 0.647. The minimum Gasteiger partial charge on any atom is -0.494 e. The largest absolute Gasteiger partial charge is 0.494 e. The van der Waals surface area contributed by atoms with Gasteiger partial charge in [-0.25, -0.2) is 0 Å². The van der Waals surface area contributed by atoms with Crippen molar-refractivity contribution in [3.8, 4) is 5.75 Å². The van der Waals surface area contributed by atoms with Gasteiger partial charge in [-0.05, 0) is 49.3 Å². The molecule has 0 saturated carbocycles. The van der Waals surface area contributed by atoms with Crippen LogP contribution in [0.1, 0.15) is 38.7 Å². The molecule has 0 atom stereocenters. The van der Waals surface area contributed by atoms with Crippen LogP contribution in [-0.2, 0) is 6.42 Å². The van der Waals surface area contributed by atoms with E-state index in [0.717, 1.165) is 30.8 Å². The van der Waals surface area contributed by atoms with Crippen molar-refractivity contribution in [2.24, 2.45) is 11.7 Å². The number of ether oxygens (including phenoxy) is 1. The lowest BCUT2D eigenvalue weighted by Gasteiger charge is -2.24. The smallest absolute Gasteiger partial charge is 0.119 e. The van der Waals surface area contributed by atoms with Crippen LogP contribution >= 0.6 is 0 Å². The molecule has 4 heteroatoms. The molecule has 0 unspecified atom stereocenters. The molecule has 0 aliphatic carbocycles. The first-order valence-corrected chi connectivity index (χ1v) is 7.71. The first-order valence-electron chi connectivity index (χ1n) is 7.71.